The molecule has 3 N–H and O–H groups in total. The summed E-state index contributed by atoms with van der Waals surface area (Å²) in [6, 6.07) is -1.77. The summed E-state index contributed by atoms with van der Waals surface area (Å²) in [6.45, 7) is 9.49. The Balaban J connectivity index is 2.32. The van der Waals surface area contributed by atoms with Crippen LogP contribution >= 0.6 is 0 Å². The Labute approximate surface area is 177 Å². The first-order valence-electron chi connectivity index (χ1n) is 10.2. The molecule has 2 heterocycles. The van der Waals surface area contributed by atoms with Gasteiger partial charge in [0.1, 0.15) is 30.4 Å². The summed E-state index contributed by atoms with van der Waals surface area (Å²) in [4.78, 5) is 27.7. The van der Waals surface area contributed by atoms with Gasteiger partial charge >= 0.3 is 6.09 Å². The first kappa shape index (κ1) is 24.3. The molecule has 2 aliphatic heterocycles. The van der Waals surface area contributed by atoms with Gasteiger partial charge in [-0.1, -0.05) is 25.5 Å². The number of nitrogens with zero attached hydrogens (tertiary/aromatic N) is 2. The van der Waals surface area contributed by atoms with E-state index in [0.717, 1.165) is 0 Å². The fourth-order valence-electron chi connectivity index (χ4n) is 3.98. The van der Waals surface area contributed by atoms with Gasteiger partial charge in [-0.25, -0.2) is 4.79 Å². The van der Waals surface area contributed by atoms with Gasteiger partial charge in [-0.15, -0.1) is 0 Å². The van der Waals surface area contributed by atoms with Crippen molar-refractivity contribution in [3.05, 3.63) is 0 Å². The molecule has 5 atom stereocenters. The van der Waals surface area contributed by atoms with Crippen molar-refractivity contribution in [1.29, 1.82) is 5.53 Å². The lowest BCUT2D eigenvalue weighted by Gasteiger charge is -2.38. The number of carbonyl (C=O) groups is 2. The number of hydrogen-bond acceptors (Lipinski definition) is 8. The number of carbonyl (C=O) groups excluding carboxylic acids is 2. The Morgan fingerprint density at radius 3 is 2.47 bits per heavy atom. The number of alkyl carbamates (subject to hydrolysis) is 1. The average Bonchev–Trinajstić information content (AvgIpc) is 3.23. The second kappa shape index (κ2) is 9.44. The molecular weight excluding hydrogens is 394 g/mol. The third kappa shape index (κ3) is 4.84. The van der Waals surface area contributed by atoms with Crippen molar-refractivity contribution in [1.82, 2.24) is 15.6 Å². The second-order valence-corrected chi connectivity index (χ2v) is 8.79. The first-order valence-corrected chi connectivity index (χ1v) is 10.2. The summed E-state index contributed by atoms with van der Waals surface area (Å²) in [6.07, 6.45) is -0.448. The van der Waals surface area contributed by atoms with Gasteiger partial charge < -0.3 is 29.2 Å². The molecule has 11 heteroatoms. The molecule has 0 bridgehead atoms. The van der Waals surface area contributed by atoms with E-state index < -0.39 is 41.7 Å². The summed E-state index contributed by atoms with van der Waals surface area (Å²) in [5.74, 6) is -1.58. The van der Waals surface area contributed by atoms with E-state index in [1.807, 2.05) is 13.8 Å². The van der Waals surface area contributed by atoms with Crippen LogP contribution in [-0.2, 0) is 23.7 Å². The number of hydrogen-bond donors (Lipinski definition) is 3. The van der Waals surface area contributed by atoms with Gasteiger partial charge in [0.05, 0.1) is 6.04 Å². The molecule has 1 unspecified atom stereocenters. The fraction of sp³-hybridized carbons (Fsp3) is 0.895. The minimum Gasteiger partial charge on any atom is -0.444 e. The van der Waals surface area contributed by atoms with Crippen molar-refractivity contribution >= 4 is 12.0 Å². The van der Waals surface area contributed by atoms with E-state index in [1.165, 1.54) is 14.2 Å². The lowest BCUT2D eigenvalue weighted by Crippen LogP contribution is -2.60. The molecule has 0 aromatic carbocycles. The maximum atomic E-state index is 13.6. The van der Waals surface area contributed by atoms with E-state index in [4.69, 9.17) is 24.5 Å². The number of amides is 2. The van der Waals surface area contributed by atoms with E-state index in [-0.39, 0.29) is 25.0 Å². The van der Waals surface area contributed by atoms with Crippen molar-refractivity contribution in [3.8, 4) is 0 Å². The molecule has 2 fully saturated rings. The average molecular weight is 430 g/mol. The minimum absolute atomic E-state index is 0.128. The van der Waals surface area contributed by atoms with Crippen LogP contribution < -0.4 is 10.7 Å². The summed E-state index contributed by atoms with van der Waals surface area (Å²) in [5, 5.41) is 6.00. The van der Waals surface area contributed by atoms with Crippen molar-refractivity contribution in [2.24, 2.45) is 11.1 Å². The van der Waals surface area contributed by atoms with Crippen LogP contribution in [-0.4, -0.2) is 79.9 Å². The van der Waals surface area contributed by atoms with Crippen LogP contribution in [0.3, 0.4) is 0 Å². The number of fused-ring (bicyclic) bond motifs is 1. The van der Waals surface area contributed by atoms with Gasteiger partial charge in [0.2, 0.25) is 11.7 Å². The number of likely N-dealkylation sites (tertiary alicyclic amines) is 1. The first-order chi connectivity index (χ1) is 14.0. The molecule has 0 saturated carbocycles. The quantitative estimate of drug-likeness (QED) is 0.302. The lowest BCUT2D eigenvalue weighted by atomic mass is 9.96. The van der Waals surface area contributed by atoms with Crippen molar-refractivity contribution in [3.63, 3.8) is 0 Å². The zero-order valence-electron chi connectivity index (χ0n) is 18.9. The highest BCUT2D eigenvalue weighted by molar-refractivity contribution is 5.87. The van der Waals surface area contributed by atoms with E-state index in [0.29, 0.717) is 6.42 Å². The van der Waals surface area contributed by atoms with Crippen LogP contribution in [0, 0.1) is 11.4 Å². The van der Waals surface area contributed by atoms with Crippen LogP contribution in [0.5, 0.6) is 0 Å². The molecule has 11 nitrogen and oxygen atoms in total. The molecule has 2 rings (SSSR count). The Morgan fingerprint density at radius 2 is 1.97 bits per heavy atom. The van der Waals surface area contributed by atoms with Gasteiger partial charge in [-0.2, -0.15) is 5.53 Å². The molecule has 0 spiro atoms. The molecule has 0 aromatic rings. The number of ether oxygens (including phenoxy) is 4. The zero-order valence-corrected chi connectivity index (χ0v) is 18.9. The normalized spacial score (nSPS) is 27.2. The standard InChI is InChI=1S/C19H35N5O6/c1-8-11(2)13(21-17(26)30-18(3,4)5)16(25)24-9-12(22-23-20)14-15(24)19(27-6,28-7)10-29-14/h11-15H,8-10H2,1-7H3,(H2,20,22)(H,21,26)/t11?,12-,13+,14-,15+/m1/s1. The van der Waals surface area contributed by atoms with E-state index in [2.05, 4.69) is 16.0 Å². The minimum atomic E-state index is -1.15. The summed E-state index contributed by atoms with van der Waals surface area (Å²) < 4.78 is 22.5. The van der Waals surface area contributed by atoms with Crippen molar-refractivity contribution < 1.29 is 28.5 Å². The van der Waals surface area contributed by atoms with Gasteiger partial charge in [0.15, 0.2) is 0 Å². The van der Waals surface area contributed by atoms with Crippen LogP contribution in [0.2, 0.25) is 0 Å². The highest BCUT2D eigenvalue weighted by Gasteiger charge is 2.62. The Hall–Kier alpha value is -1.98. The molecule has 172 valence electrons. The topological polar surface area (TPSA) is 135 Å². The Morgan fingerprint density at radius 1 is 1.33 bits per heavy atom. The maximum absolute atomic E-state index is 13.6. The van der Waals surface area contributed by atoms with Crippen molar-refractivity contribution in [2.45, 2.75) is 76.7 Å². The molecular formula is C19H35N5O6. The smallest absolute Gasteiger partial charge is 0.408 e. The number of rotatable bonds is 8. The fourth-order valence-corrected chi connectivity index (χ4v) is 3.98. The zero-order chi connectivity index (χ0) is 22.7. The maximum Gasteiger partial charge on any atom is 0.408 e. The molecule has 0 radical (unpaired) electrons. The van der Waals surface area contributed by atoms with Crippen LogP contribution in [0.1, 0.15) is 41.0 Å². The Kier molecular flexibility index (Phi) is 7.64. The van der Waals surface area contributed by atoms with E-state index >= 15 is 0 Å². The van der Waals surface area contributed by atoms with Crippen LogP contribution in [0.15, 0.2) is 5.22 Å². The molecule has 30 heavy (non-hydrogen) atoms. The number of methoxy groups -OCH3 is 2. The lowest BCUT2D eigenvalue weighted by molar-refractivity contribution is -0.227. The van der Waals surface area contributed by atoms with Crippen LogP contribution in [0.25, 0.3) is 0 Å². The highest BCUT2D eigenvalue weighted by Crippen LogP contribution is 2.39. The van der Waals surface area contributed by atoms with Gasteiger partial charge in [0.25, 0.3) is 0 Å². The molecule has 2 aliphatic rings. The molecule has 2 saturated heterocycles. The predicted molar refractivity (Wildman–Crippen MR) is 107 cm³/mol. The predicted octanol–water partition coefficient (Wildman–Crippen LogP) is 1.43. The van der Waals surface area contributed by atoms with Gasteiger partial charge in [-0.3, -0.25) is 10.2 Å². The van der Waals surface area contributed by atoms with E-state index in [9.17, 15) is 9.59 Å². The third-order valence-corrected chi connectivity index (χ3v) is 5.72. The summed E-state index contributed by atoms with van der Waals surface area (Å²) in [7, 11) is 3.00. The second-order valence-electron chi connectivity index (χ2n) is 8.79. The molecule has 2 amide bonds. The van der Waals surface area contributed by atoms with E-state index in [1.54, 1.807) is 25.7 Å². The van der Waals surface area contributed by atoms with Gasteiger partial charge in [0, 0.05) is 20.8 Å². The molecule has 0 aromatic heterocycles. The monoisotopic (exact) mass is 429 g/mol. The highest BCUT2D eigenvalue weighted by atomic mass is 16.7. The van der Waals surface area contributed by atoms with Crippen molar-refractivity contribution in [2.75, 3.05) is 27.4 Å². The summed E-state index contributed by atoms with van der Waals surface area (Å²) in [5.41, 5.74) is 9.16. The molecule has 0 aliphatic carbocycles. The summed E-state index contributed by atoms with van der Waals surface area (Å²) >= 11 is 0. The third-order valence-electron chi connectivity index (χ3n) is 5.72. The Bertz CT molecular complexity index is 635. The van der Waals surface area contributed by atoms with Gasteiger partial charge in [-0.05, 0) is 26.7 Å². The SMILES string of the molecule is CCC(C)[C@H](NC(=O)OC(C)(C)C)C(=O)N1C[C@@H](NN=N)[C@H]2OCC(OC)(OC)[C@H]21. The largest absolute Gasteiger partial charge is 0.444 e. The number of nitrogens with one attached hydrogen (secondary N) is 3. The van der Waals surface area contributed by atoms with Crippen LogP contribution in [0.4, 0.5) is 4.79 Å².